The minimum Gasteiger partial charge on any atom is -0.497 e. The smallest absolute Gasteiger partial charge is 0.224 e. The number of rotatable bonds is 3. The van der Waals surface area contributed by atoms with Gasteiger partial charge in [-0.1, -0.05) is 17.8 Å². The second-order valence-electron chi connectivity index (χ2n) is 5.56. The van der Waals surface area contributed by atoms with Gasteiger partial charge in [0.05, 0.1) is 13.0 Å². The highest BCUT2D eigenvalue weighted by Gasteiger charge is 2.23. The van der Waals surface area contributed by atoms with Crippen molar-refractivity contribution >= 4 is 23.5 Å². The van der Waals surface area contributed by atoms with Crippen LogP contribution in [0.2, 0.25) is 0 Å². The van der Waals surface area contributed by atoms with Crippen LogP contribution in [0, 0.1) is 0 Å². The van der Waals surface area contributed by atoms with Crippen LogP contribution in [0.1, 0.15) is 34.3 Å². The molecule has 1 unspecified atom stereocenters. The molecule has 118 valence electrons. The van der Waals surface area contributed by atoms with Crippen molar-refractivity contribution in [1.82, 2.24) is 0 Å². The molecule has 0 aliphatic carbocycles. The molecular weight excluding hydrogens is 310 g/mol. The van der Waals surface area contributed by atoms with E-state index in [0.717, 1.165) is 26.7 Å². The summed E-state index contributed by atoms with van der Waals surface area (Å²) in [6.07, 6.45) is 0.320. The molecule has 1 aliphatic rings. The molecule has 1 amide bonds. The third-order valence-corrected chi connectivity index (χ3v) is 5.26. The maximum Gasteiger partial charge on any atom is 0.224 e. The number of carbonyl (C=O) groups is 2. The maximum atomic E-state index is 12.6. The standard InChI is InChI=1S/C18H17NO3S/c1-10(18(19)21)11-3-5-17-14(8-11)15(20)9-12-7-13(22-2)4-6-16(12)23-17/h3-8,10H,9H2,1-2H3,(H2,19,21). The fourth-order valence-corrected chi connectivity index (χ4v) is 3.65. The first-order valence-electron chi connectivity index (χ1n) is 7.31. The Bertz CT molecular complexity index is 801. The second kappa shape index (κ2) is 6.08. The van der Waals surface area contributed by atoms with Crippen LogP contribution in [0.4, 0.5) is 0 Å². The summed E-state index contributed by atoms with van der Waals surface area (Å²) in [4.78, 5) is 26.0. The number of nitrogens with two attached hydrogens (primary N) is 1. The molecule has 0 fully saturated rings. The van der Waals surface area contributed by atoms with Gasteiger partial charge in [-0.2, -0.15) is 0 Å². The van der Waals surface area contributed by atoms with E-state index in [-0.39, 0.29) is 5.78 Å². The Labute approximate surface area is 139 Å². The molecule has 0 bridgehead atoms. The van der Waals surface area contributed by atoms with Crippen molar-refractivity contribution in [3.63, 3.8) is 0 Å². The first kappa shape index (κ1) is 15.6. The summed E-state index contributed by atoms with van der Waals surface area (Å²) in [7, 11) is 1.61. The van der Waals surface area contributed by atoms with E-state index < -0.39 is 11.8 Å². The van der Waals surface area contributed by atoms with Gasteiger partial charge in [0.15, 0.2) is 5.78 Å². The SMILES string of the molecule is COc1ccc2c(c1)CC(=O)c1cc(C(C)C(N)=O)ccc1S2. The number of ether oxygens (including phenoxy) is 1. The van der Waals surface area contributed by atoms with E-state index >= 15 is 0 Å². The molecule has 0 saturated carbocycles. The van der Waals surface area contributed by atoms with Gasteiger partial charge in [-0.3, -0.25) is 9.59 Å². The normalized spacial score (nSPS) is 14.4. The van der Waals surface area contributed by atoms with Crippen molar-refractivity contribution in [2.45, 2.75) is 29.1 Å². The van der Waals surface area contributed by atoms with Crippen LogP contribution in [0.25, 0.3) is 0 Å². The summed E-state index contributed by atoms with van der Waals surface area (Å²) in [6.45, 7) is 1.75. The van der Waals surface area contributed by atoms with Crippen LogP contribution < -0.4 is 10.5 Å². The molecule has 0 spiro atoms. The largest absolute Gasteiger partial charge is 0.497 e. The van der Waals surface area contributed by atoms with Crippen molar-refractivity contribution in [3.05, 3.63) is 53.1 Å². The van der Waals surface area contributed by atoms with Crippen LogP contribution in [0.5, 0.6) is 5.75 Å². The molecule has 1 heterocycles. The molecule has 5 heteroatoms. The van der Waals surface area contributed by atoms with Gasteiger partial charge in [-0.25, -0.2) is 0 Å². The molecule has 0 saturated heterocycles. The van der Waals surface area contributed by atoms with Crippen molar-refractivity contribution in [2.75, 3.05) is 7.11 Å². The maximum absolute atomic E-state index is 12.6. The quantitative estimate of drug-likeness (QED) is 0.940. The molecular formula is C18H17NO3S. The number of Topliss-reactive ketones (excluding diaryl/α,β-unsaturated/α-hetero) is 1. The number of primary amides is 1. The minimum atomic E-state index is -0.413. The number of hydrogen-bond donors (Lipinski definition) is 1. The van der Waals surface area contributed by atoms with Gasteiger partial charge < -0.3 is 10.5 Å². The van der Waals surface area contributed by atoms with Crippen molar-refractivity contribution in [3.8, 4) is 5.75 Å². The second-order valence-corrected chi connectivity index (χ2v) is 6.64. The zero-order valence-corrected chi connectivity index (χ0v) is 13.8. The lowest BCUT2D eigenvalue weighted by molar-refractivity contribution is -0.119. The summed E-state index contributed by atoms with van der Waals surface area (Å²) in [5.74, 6) is -0.0281. The van der Waals surface area contributed by atoms with Crippen molar-refractivity contribution in [2.24, 2.45) is 5.73 Å². The van der Waals surface area contributed by atoms with Gasteiger partial charge in [0.1, 0.15) is 5.75 Å². The van der Waals surface area contributed by atoms with E-state index in [1.54, 1.807) is 31.9 Å². The minimum absolute atomic E-state index is 0.0398. The summed E-state index contributed by atoms with van der Waals surface area (Å²) in [5.41, 5.74) is 7.75. The zero-order valence-electron chi connectivity index (χ0n) is 13.0. The monoisotopic (exact) mass is 327 g/mol. The third kappa shape index (κ3) is 2.97. The van der Waals surface area contributed by atoms with Gasteiger partial charge in [0, 0.05) is 21.8 Å². The zero-order chi connectivity index (χ0) is 16.6. The van der Waals surface area contributed by atoms with Crippen molar-refractivity contribution in [1.29, 1.82) is 0 Å². The van der Waals surface area contributed by atoms with Gasteiger partial charge in [0.2, 0.25) is 5.91 Å². The Balaban J connectivity index is 2.03. The van der Waals surface area contributed by atoms with Crippen LogP contribution >= 0.6 is 11.8 Å². The Morgan fingerprint density at radius 3 is 2.65 bits per heavy atom. The lowest BCUT2D eigenvalue weighted by Crippen LogP contribution is -2.19. The summed E-state index contributed by atoms with van der Waals surface area (Å²) < 4.78 is 5.24. The number of amides is 1. The van der Waals surface area contributed by atoms with E-state index in [1.165, 1.54) is 0 Å². The highest BCUT2D eigenvalue weighted by molar-refractivity contribution is 7.99. The van der Waals surface area contributed by atoms with E-state index in [0.29, 0.717) is 12.0 Å². The predicted molar refractivity (Wildman–Crippen MR) is 89.2 cm³/mol. The van der Waals surface area contributed by atoms with Crippen molar-refractivity contribution < 1.29 is 14.3 Å². The highest BCUT2D eigenvalue weighted by Crippen LogP contribution is 2.39. The molecule has 3 rings (SSSR count). The fourth-order valence-electron chi connectivity index (χ4n) is 2.60. The summed E-state index contributed by atoms with van der Waals surface area (Å²) in [6, 6.07) is 11.3. The van der Waals surface area contributed by atoms with Gasteiger partial charge in [-0.05, 0) is 48.4 Å². The number of ketones is 1. The van der Waals surface area contributed by atoms with E-state index in [4.69, 9.17) is 10.5 Å². The lowest BCUT2D eigenvalue weighted by atomic mass is 9.95. The number of carbonyl (C=O) groups excluding carboxylic acids is 2. The summed E-state index contributed by atoms with van der Waals surface area (Å²) in [5, 5.41) is 0. The molecule has 0 radical (unpaired) electrons. The van der Waals surface area contributed by atoms with E-state index in [9.17, 15) is 9.59 Å². The first-order valence-corrected chi connectivity index (χ1v) is 8.12. The Morgan fingerprint density at radius 1 is 1.22 bits per heavy atom. The molecule has 2 aromatic carbocycles. The number of hydrogen-bond acceptors (Lipinski definition) is 4. The third-order valence-electron chi connectivity index (χ3n) is 4.07. The topological polar surface area (TPSA) is 69.4 Å². The number of benzene rings is 2. The first-order chi connectivity index (χ1) is 11.0. The molecule has 1 aliphatic heterocycles. The Morgan fingerprint density at radius 2 is 1.96 bits per heavy atom. The van der Waals surface area contributed by atoms with Gasteiger partial charge in [-0.15, -0.1) is 0 Å². The number of fused-ring (bicyclic) bond motifs is 2. The van der Waals surface area contributed by atoms with E-state index in [2.05, 4.69) is 0 Å². The van der Waals surface area contributed by atoms with Crippen LogP contribution in [0.15, 0.2) is 46.2 Å². The molecule has 23 heavy (non-hydrogen) atoms. The van der Waals surface area contributed by atoms with Gasteiger partial charge >= 0.3 is 0 Å². The number of methoxy groups -OCH3 is 1. The van der Waals surface area contributed by atoms with Gasteiger partial charge in [0.25, 0.3) is 0 Å². The molecule has 1 atom stereocenters. The highest BCUT2D eigenvalue weighted by atomic mass is 32.2. The summed E-state index contributed by atoms with van der Waals surface area (Å²) >= 11 is 1.56. The lowest BCUT2D eigenvalue weighted by Gasteiger charge is -2.11. The van der Waals surface area contributed by atoms with E-state index in [1.807, 2.05) is 30.3 Å². The molecule has 4 nitrogen and oxygen atoms in total. The van der Waals surface area contributed by atoms with Crippen LogP contribution in [0.3, 0.4) is 0 Å². The molecule has 2 aromatic rings. The predicted octanol–water partition coefficient (Wildman–Crippen LogP) is 3.17. The Kier molecular flexibility index (Phi) is 4.13. The fraction of sp³-hybridized carbons (Fsp3) is 0.222. The molecule has 2 N–H and O–H groups in total. The average Bonchev–Trinajstić information content (AvgIpc) is 2.68. The average molecular weight is 327 g/mol. The molecule has 0 aromatic heterocycles. The Hall–Kier alpha value is -2.27. The van der Waals surface area contributed by atoms with Crippen LogP contribution in [-0.4, -0.2) is 18.8 Å². The van der Waals surface area contributed by atoms with Crippen LogP contribution in [-0.2, 0) is 11.2 Å².